The van der Waals surface area contributed by atoms with Gasteiger partial charge < -0.3 is 15.6 Å². The minimum atomic E-state index is -0.0902. The van der Waals surface area contributed by atoms with Crippen molar-refractivity contribution in [2.24, 2.45) is 0 Å². The Morgan fingerprint density at radius 2 is 2.24 bits per heavy atom. The number of anilines is 1. The normalized spacial score (nSPS) is 10.5. The monoisotopic (exact) mass is 238 g/mol. The zero-order valence-electron chi connectivity index (χ0n) is 10.1. The van der Waals surface area contributed by atoms with Crippen molar-refractivity contribution in [3.05, 3.63) is 28.7 Å². The number of carbonyl (C=O) groups excluding carboxylic acids is 1. The van der Waals surface area contributed by atoms with Crippen LogP contribution in [-0.4, -0.2) is 42.6 Å². The van der Waals surface area contributed by atoms with E-state index in [2.05, 4.69) is 5.32 Å². The third-order valence-corrected chi connectivity index (χ3v) is 2.42. The predicted molar refractivity (Wildman–Crippen MR) is 66.7 cm³/mol. The van der Waals surface area contributed by atoms with E-state index in [0.29, 0.717) is 25.3 Å². The predicted octanol–water partition coefficient (Wildman–Crippen LogP) is -0.892. The van der Waals surface area contributed by atoms with E-state index in [1.165, 1.54) is 10.6 Å². The lowest BCUT2D eigenvalue weighted by Gasteiger charge is -2.16. The summed E-state index contributed by atoms with van der Waals surface area (Å²) in [7, 11) is 3.42. The van der Waals surface area contributed by atoms with Gasteiger partial charge in [-0.1, -0.05) is 0 Å². The van der Waals surface area contributed by atoms with Gasteiger partial charge >= 0.3 is 0 Å². The molecular weight excluding hydrogens is 220 g/mol. The molecule has 1 rings (SSSR count). The summed E-state index contributed by atoms with van der Waals surface area (Å²) in [4.78, 5) is 24.4. The van der Waals surface area contributed by atoms with Gasteiger partial charge in [0.15, 0.2) is 0 Å². The Kier molecular flexibility index (Phi) is 4.71. The lowest BCUT2D eigenvalue weighted by Crippen LogP contribution is -2.35. The molecule has 1 aromatic rings. The number of likely N-dealkylation sites (N-methyl/N-ethyl adjacent to an activating group) is 2. The first-order valence-corrected chi connectivity index (χ1v) is 5.38. The van der Waals surface area contributed by atoms with Crippen LogP contribution in [0.5, 0.6) is 0 Å². The number of nitrogens with one attached hydrogen (secondary N) is 1. The van der Waals surface area contributed by atoms with Crippen molar-refractivity contribution in [3.8, 4) is 0 Å². The molecule has 0 aromatic carbocycles. The number of nitrogen functional groups attached to an aromatic ring is 1. The maximum absolute atomic E-state index is 11.5. The van der Waals surface area contributed by atoms with Crippen molar-refractivity contribution in [1.29, 1.82) is 0 Å². The lowest BCUT2D eigenvalue weighted by atomic mass is 10.4. The summed E-state index contributed by atoms with van der Waals surface area (Å²) in [5.41, 5.74) is 6.06. The Bertz CT molecular complexity index is 441. The number of rotatable bonds is 5. The average Bonchev–Trinajstić information content (AvgIpc) is 2.30. The minimum absolute atomic E-state index is 0.0487. The van der Waals surface area contributed by atoms with Crippen LogP contribution in [-0.2, 0) is 11.3 Å². The number of nitrogens with zero attached hydrogens (tertiary/aromatic N) is 2. The van der Waals surface area contributed by atoms with Crippen molar-refractivity contribution >= 4 is 11.6 Å². The second-order valence-electron chi connectivity index (χ2n) is 3.91. The van der Waals surface area contributed by atoms with Crippen molar-refractivity contribution in [1.82, 2.24) is 14.8 Å². The van der Waals surface area contributed by atoms with Crippen LogP contribution in [0.1, 0.15) is 0 Å². The number of hydrogen-bond donors (Lipinski definition) is 2. The Labute approximate surface area is 100 Å². The van der Waals surface area contributed by atoms with E-state index in [4.69, 9.17) is 5.73 Å². The maximum Gasteiger partial charge on any atom is 0.250 e. The second-order valence-corrected chi connectivity index (χ2v) is 3.91. The molecule has 3 N–H and O–H groups in total. The molecule has 0 unspecified atom stereocenters. The molecule has 94 valence electrons. The van der Waals surface area contributed by atoms with E-state index >= 15 is 0 Å². The van der Waals surface area contributed by atoms with Gasteiger partial charge in [0.05, 0.1) is 6.54 Å². The van der Waals surface area contributed by atoms with E-state index in [9.17, 15) is 9.59 Å². The fourth-order valence-electron chi connectivity index (χ4n) is 1.41. The van der Waals surface area contributed by atoms with E-state index in [0.717, 1.165) is 0 Å². The van der Waals surface area contributed by atoms with E-state index < -0.39 is 0 Å². The molecule has 1 aromatic heterocycles. The van der Waals surface area contributed by atoms with Gasteiger partial charge in [0, 0.05) is 38.1 Å². The molecule has 1 heterocycles. The number of carbonyl (C=O) groups is 1. The summed E-state index contributed by atoms with van der Waals surface area (Å²) >= 11 is 0. The molecule has 0 radical (unpaired) electrons. The average molecular weight is 238 g/mol. The van der Waals surface area contributed by atoms with E-state index in [1.54, 1.807) is 19.3 Å². The molecule has 0 saturated carbocycles. The molecule has 6 nitrogen and oxygen atoms in total. The zero-order valence-corrected chi connectivity index (χ0v) is 10.1. The highest BCUT2D eigenvalue weighted by atomic mass is 16.2. The standard InChI is InChI=1S/C11H18N4O2/c1-13-10(16)8-14(2)5-6-15-7-9(12)3-4-11(15)17/h3-4,7H,5-6,8,12H2,1-2H3,(H,13,16). The molecule has 0 bridgehead atoms. The quantitative estimate of drug-likeness (QED) is 0.697. The zero-order chi connectivity index (χ0) is 12.8. The third kappa shape index (κ3) is 4.28. The molecule has 17 heavy (non-hydrogen) atoms. The van der Waals surface area contributed by atoms with Gasteiger partial charge in [-0.05, 0) is 13.1 Å². The molecule has 0 spiro atoms. The van der Waals surface area contributed by atoms with Gasteiger partial charge in [0.2, 0.25) is 5.91 Å². The summed E-state index contributed by atoms with van der Waals surface area (Å²) in [5, 5.41) is 2.55. The number of hydrogen-bond acceptors (Lipinski definition) is 4. The molecule has 1 amide bonds. The van der Waals surface area contributed by atoms with Gasteiger partial charge in [-0.2, -0.15) is 0 Å². The summed E-state index contributed by atoms with van der Waals surface area (Å²) < 4.78 is 1.54. The first kappa shape index (κ1) is 13.2. The van der Waals surface area contributed by atoms with Crippen molar-refractivity contribution < 1.29 is 4.79 Å². The molecule has 0 atom stereocenters. The van der Waals surface area contributed by atoms with E-state index in [1.807, 2.05) is 11.9 Å². The number of amides is 1. The Morgan fingerprint density at radius 3 is 2.88 bits per heavy atom. The lowest BCUT2D eigenvalue weighted by molar-refractivity contribution is -0.121. The summed E-state index contributed by atoms with van der Waals surface area (Å²) in [5.74, 6) is -0.0487. The molecular formula is C11H18N4O2. The largest absolute Gasteiger partial charge is 0.398 e. The topological polar surface area (TPSA) is 80.4 Å². The number of nitrogens with two attached hydrogens (primary N) is 1. The van der Waals surface area contributed by atoms with Crippen LogP contribution in [0.4, 0.5) is 5.69 Å². The number of pyridine rings is 1. The van der Waals surface area contributed by atoms with Gasteiger partial charge in [-0.3, -0.25) is 14.5 Å². The Morgan fingerprint density at radius 1 is 1.53 bits per heavy atom. The molecule has 6 heteroatoms. The molecule has 0 saturated heterocycles. The second kappa shape index (κ2) is 6.05. The highest BCUT2D eigenvalue weighted by Crippen LogP contribution is 1.96. The van der Waals surface area contributed by atoms with Gasteiger partial charge in [-0.25, -0.2) is 0 Å². The van der Waals surface area contributed by atoms with E-state index in [-0.39, 0.29) is 11.5 Å². The molecule has 0 aliphatic carbocycles. The van der Waals surface area contributed by atoms with Crippen LogP contribution in [0.15, 0.2) is 23.1 Å². The van der Waals surface area contributed by atoms with Gasteiger partial charge in [0.1, 0.15) is 0 Å². The SMILES string of the molecule is CNC(=O)CN(C)CCn1cc(N)ccc1=O. The van der Waals surface area contributed by atoms with Crippen LogP contribution in [0.25, 0.3) is 0 Å². The van der Waals surface area contributed by atoms with Crippen molar-refractivity contribution in [3.63, 3.8) is 0 Å². The minimum Gasteiger partial charge on any atom is -0.398 e. The molecule has 0 aliphatic rings. The fraction of sp³-hybridized carbons (Fsp3) is 0.455. The van der Waals surface area contributed by atoms with Crippen LogP contribution in [0.2, 0.25) is 0 Å². The third-order valence-electron chi connectivity index (χ3n) is 2.42. The highest BCUT2D eigenvalue weighted by Gasteiger charge is 2.04. The Hall–Kier alpha value is -1.82. The smallest absolute Gasteiger partial charge is 0.250 e. The summed E-state index contributed by atoms with van der Waals surface area (Å²) in [6.45, 7) is 1.43. The van der Waals surface area contributed by atoms with Crippen LogP contribution >= 0.6 is 0 Å². The molecule has 0 fully saturated rings. The van der Waals surface area contributed by atoms with Gasteiger partial charge in [-0.15, -0.1) is 0 Å². The van der Waals surface area contributed by atoms with Gasteiger partial charge in [0.25, 0.3) is 5.56 Å². The van der Waals surface area contributed by atoms with Crippen molar-refractivity contribution in [2.45, 2.75) is 6.54 Å². The maximum atomic E-state index is 11.5. The van der Waals surface area contributed by atoms with Crippen LogP contribution < -0.4 is 16.6 Å². The highest BCUT2D eigenvalue weighted by molar-refractivity contribution is 5.77. The van der Waals surface area contributed by atoms with Crippen LogP contribution in [0.3, 0.4) is 0 Å². The summed E-state index contributed by atoms with van der Waals surface area (Å²) in [6.07, 6.45) is 1.61. The van der Waals surface area contributed by atoms with Crippen molar-refractivity contribution in [2.75, 3.05) is 32.9 Å². The Balaban J connectivity index is 2.52. The molecule has 0 aliphatic heterocycles. The first-order chi connectivity index (χ1) is 8.02. The van der Waals surface area contributed by atoms with Crippen LogP contribution in [0, 0.1) is 0 Å². The fourth-order valence-corrected chi connectivity index (χ4v) is 1.41. The first-order valence-electron chi connectivity index (χ1n) is 5.38. The summed E-state index contributed by atoms with van der Waals surface area (Å²) in [6, 6.07) is 3.02. The number of aromatic nitrogens is 1.